The van der Waals surface area contributed by atoms with Gasteiger partial charge in [-0.2, -0.15) is 0 Å². The number of carbonyl (C=O) groups is 1. The van der Waals surface area contributed by atoms with E-state index in [4.69, 9.17) is 4.74 Å². The molecule has 0 unspecified atom stereocenters. The highest BCUT2D eigenvalue weighted by atomic mass is 16.5. The fourth-order valence-electron chi connectivity index (χ4n) is 5.22. The van der Waals surface area contributed by atoms with E-state index in [1.54, 1.807) is 0 Å². The van der Waals surface area contributed by atoms with Gasteiger partial charge in [0.2, 0.25) is 0 Å². The predicted octanol–water partition coefficient (Wildman–Crippen LogP) is 8.33. The van der Waals surface area contributed by atoms with E-state index in [0.29, 0.717) is 23.1 Å². The molecule has 1 fully saturated rings. The number of aryl methyl sites for hydroxylation is 1. The number of esters is 1. The summed E-state index contributed by atoms with van der Waals surface area (Å²) in [6, 6.07) is 26.8. The average Bonchev–Trinajstić information content (AvgIpc) is 2.86. The molecule has 1 saturated carbocycles. The topological polar surface area (TPSA) is 26.3 Å². The van der Waals surface area contributed by atoms with Crippen molar-refractivity contribution in [1.29, 1.82) is 0 Å². The highest BCUT2D eigenvalue weighted by Crippen LogP contribution is 2.39. The number of benzene rings is 3. The maximum absolute atomic E-state index is 12.6. The maximum Gasteiger partial charge on any atom is 0.343 e. The monoisotopic (exact) mass is 440 g/mol. The summed E-state index contributed by atoms with van der Waals surface area (Å²) in [4.78, 5) is 12.6. The molecule has 0 aliphatic heterocycles. The van der Waals surface area contributed by atoms with Crippen molar-refractivity contribution in [3.8, 4) is 5.75 Å². The molecule has 0 spiro atoms. The van der Waals surface area contributed by atoms with Crippen molar-refractivity contribution in [2.45, 2.75) is 70.6 Å². The Morgan fingerprint density at radius 1 is 0.879 bits per heavy atom. The van der Waals surface area contributed by atoms with Gasteiger partial charge < -0.3 is 4.74 Å². The van der Waals surface area contributed by atoms with Gasteiger partial charge >= 0.3 is 5.97 Å². The average molecular weight is 441 g/mol. The van der Waals surface area contributed by atoms with Crippen LogP contribution < -0.4 is 4.74 Å². The molecule has 0 aromatic heterocycles. The summed E-state index contributed by atoms with van der Waals surface area (Å²) in [7, 11) is 0. The van der Waals surface area contributed by atoms with Crippen molar-refractivity contribution in [3.05, 3.63) is 101 Å². The second-order valence-electron chi connectivity index (χ2n) is 9.67. The molecule has 1 aliphatic carbocycles. The first kappa shape index (κ1) is 23.3. The lowest BCUT2D eigenvalue weighted by Gasteiger charge is -2.30. The molecule has 0 N–H and O–H groups in total. The number of carbonyl (C=O) groups excluding carboxylic acids is 1. The molecule has 3 aromatic rings. The third-order valence-corrected chi connectivity index (χ3v) is 7.19. The van der Waals surface area contributed by atoms with Crippen LogP contribution in [0.1, 0.15) is 91.3 Å². The van der Waals surface area contributed by atoms with Crippen molar-refractivity contribution < 1.29 is 9.53 Å². The lowest BCUT2D eigenvalue weighted by atomic mass is 9.75. The zero-order valence-corrected chi connectivity index (χ0v) is 20.0. The second kappa shape index (κ2) is 11.3. The van der Waals surface area contributed by atoms with Gasteiger partial charge in [0.25, 0.3) is 0 Å². The number of hydrogen-bond donors (Lipinski definition) is 0. The summed E-state index contributed by atoms with van der Waals surface area (Å²) in [5.74, 6) is 2.36. The Bertz CT molecular complexity index is 997. The van der Waals surface area contributed by atoms with E-state index in [1.165, 1.54) is 48.8 Å². The first-order valence-electron chi connectivity index (χ1n) is 12.6. The lowest BCUT2D eigenvalue weighted by Crippen LogP contribution is -2.15. The summed E-state index contributed by atoms with van der Waals surface area (Å²) in [5, 5.41) is 0. The van der Waals surface area contributed by atoms with Crippen LogP contribution >= 0.6 is 0 Å². The molecule has 4 rings (SSSR count). The highest BCUT2D eigenvalue weighted by Gasteiger charge is 2.24. The molecular weight excluding hydrogens is 404 g/mol. The van der Waals surface area contributed by atoms with Gasteiger partial charge in [0.1, 0.15) is 5.75 Å². The molecule has 3 aromatic carbocycles. The Kier molecular flexibility index (Phi) is 7.99. The van der Waals surface area contributed by atoms with Crippen molar-refractivity contribution in [2.24, 2.45) is 5.92 Å². The van der Waals surface area contributed by atoms with Crippen molar-refractivity contribution in [3.63, 3.8) is 0 Å². The lowest BCUT2D eigenvalue weighted by molar-refractivity contribution is 0.0734. The minimum atomic E-state index is -0.289. The Hall–Kier alpha value is -2.87. The molecule has 1 atom stereocenters. The second-order valence-corrected chi connectivity index (χ2v) is 9.67. The minimum Gasteiger partial charge on any atom is -0.423 e. The van der Waals surface area contributed by atoms with Gasteiger partial charge in [-0.1, -0.05) is 74.9 Å². The van der Waals surface area contributed by atoms with Crippen LogP contribution in [0, 0.1) is 5.92 Å². The molecule has 0 saturated heterocycles. The molecule has 0 heterocycles. The molecule has 0 bridgehead atoms. The van der Waals surface area contributed by atoms with Gasteiger partial charge in [0, 0.05) is 0 Å². The molecular formula is C31H36O2. The van der Waals surface area contributed by atoms with Crippen LogP contribution in [-0.2, 0) is 6.42 Å². The molecule has 2 heteroatoms. The predicted molar refractivity (Wildman–Crippen MR) is 136 cm³/mol. The SMILES string of the molecule is CCCc1ccc(OC(=O)c2ccc(C3CCC(C[C@H](C)c4ccccc4)CC3)cc2)cc1. The Labute approximate surface area is 199 Å². The summed E-state index contributed by atoms with van der Waals surface area (Å²) in [5.41, 5.74) is 4.69. The van der Waals surface area contributed by atoms with Gasteiger partial charge in [-0.05, 0) is 97.2 Å². The van der Waals surface area contributed by atoms with Gasteiger partial charge in [-0.15, -0.1) is 0 Å². The first-order chi connectivity index (χ1) is 16.1. The summed E-state index contributed by atoms with van der Waals surface area (Å²) in [6.07, 6.45) is 8.49. The largest absolute Gasteiger partial charge is 0.423 e. The third kappa shape index (κ3) is 6.35. The van der Waals surface area contributed by atoms with Gasteiger partial charge in [-0.25, -0.2) is 4.79 Å². The number of hydrogen-bond acceptors (Lipinski definition) is 2. The van der Waals surface area contributed by atoms with Crippen LogP contribution in [0.3, 0.4) is 0 Å². The van der Waals surface area contributed by atoms with E-state index in [2.05, 4.69) is 56.3 Å². The van der Waals surface area contributed by atoms with E-state index in [-0.39, 0.29) is 5.97 Å². The van der Waals surface area contributed by atoms with E-state index in [9.17, 15) is 4.79 Å². The zero-order chi connectivity index (χ0) is 23.0. The fraction of sp³-hybridized carbons (Fsp3) is 0.387. The first-order valence-corrected chi connectivity index (χ1v) is 12.6. The van der Waals surface area contributed by atoms with Crippen molar-refractivity contribution >= 4 is 5.97 Å². The van der Waals surface area contributed by atoms with E-state index in [1.807, 2.05) is 36.4 Å². The Balaban J connectivity index is 1.27. The van der Waals surface area contributed by atoms with Gasteiger partial charge in [0.15, 0.2) is 0 Å². The standard InChI is InChI=1S/C31H36O2/c1-3-7-24-12-20-30(21-13-24)33-31(32)29-18-16-28(17-19-29)27-14-10-25(11-15-27)22-23(2)26-8-5-4-6-9-26/h4-6,8-9,12-13,16-21,23,25,27H,3,7,10-11,14-15,22H2,1-2H3/t23-,25?,27?/m0/s1. The quantitative estimate of drug-likeness (QED) is 0.260. The van der Waals surface area contributed by atoms with Crippen LogP contribution in [0.15, 0.2) is 78.9 Å². The van der Waals surface area contributed by atoms with Crippen LogP contribution in [0.2, 0.25) is 0 Å². The smallest absolute Gasteiger partial charge is 0.343 e. The summed E-state index contributed by atoms with van der Waals surface area (Å²) in [6.45, 7) is 4.52. The molecule has 172 valence electrons. The maximum atomic E-state index is 12.6. The van der Waals surface area contributed by atoms with Crippen LogP contribution in [0.5, 0.6) is 5.75 Å². The number of rotatable bonds is 8. The Morgan fingerprint density at radius 2 is 1.55 bits per heavy atom. The minimum absolute atomic E-state index is 0.289. The van der Waals surface area contributed by atoms with Crippen LogP contribution in [0.25, 0.3) is 0 Å². The molecule has 1 aliphatic rings. The molecule has 0 radical (unpaired) electrons. The molecule has 0 amide bonds. The van der Waals surface area contributed by atoms with Gasteiger partial charge in [-0.3, -0.25) is 0 Å². The number of ether oxygens (including phenoxy) is 1. The zero-order valence-electron chi connectivity index (χ0n) is 20.0. The highest BCUT2D eigenvalue weighted by molar-refractivity contribution is 5.91. The van der Waals surface area contributed by atoms with E-state index >= 15 is 0 Å². The van der Waals surface area contributed by atoms with E-state index in [0.717, 1.165) is 18.8 Å². The van der Waals surface area contributed by atoms with Crippen molar-refractivity contribution in [1.82, 2.24) is 0 Å². The summed E-state index contributed by atoms with van der Waals surface area (Å²) < 4.78 is 5.57. The fourth-order valence-corrected chi connectivity index (χ4v) is 5.22. The summed E-state index contributed by atoms with van der Waals surface area (Å²) >= 11 is 0. The third-order valence-electron chi connectivity index (χ3n) is 7.19. The normalized spacial score (nSPS) is 19.1. The molecule has 2 nitrogen and oxygen atoms in total. The Morgan fingerprint density at radius 3 is 2.18 bits per heavy atom. The van der Waals surface area contributed by atoms with Crippen LogP contribution in [-0.4, -0.2) is 5.97 Å². The van der Waals surface area contributed by atoms with Crippen LogP contribution in [0.4, 0.5) is 0 Å². The molecule has 33 heavy (non-hydrogen) atoms. The van der Waals surface area contributed by atoms with Crippen molar-refractivity contribution in [2.75, 3.05) is 0 Å². The van der Waals surface area contributed by atoms with E-state index < -0.39 is 0 Å². The van der Waals surface area contributed by atoms with Gasteiger partial charge in [0.05, 0.1) is 5.56 Å².